The quantitative estimate of drug-likeness (QED) is 0.911. The van der Waals surface area contributed by atoms with Crippen LogP contribution in [0.15, 0.2) is 35.4 Å². The first-order chi connectivity index (χ1) is 8.20. The molecule has 0 aliphatic heterocycles. The number of halogens is 1. The van der Waals surface area contributed by atoms with Gasteiger partial charge >= 0.3 is 5.69 Å². The van der Waals surface area contributed by atoms with E-state index in [4.69, 9.17) is 16.3 Å². The molecule has 1 heterocycles. The van der Waals surface area contributed by atoms with Gasteiger partial charge in [0, 0.05) is 23.5 Å². The monoisotopic (exact) mass is 250 g/mol. The van der Waals surface area contributed by atoms with Crippen molar-refractivity contribution in [2.75, 3.05) is 6.61 Å². The van der Waals surface area contributed by atoms with E-state index in [-0.39, 0.29) is 5.69 Å². The van der Waals surface area contributed by atoms with Crippen LogP contribution in [0.4, 0.5) is 0 Å². The highest BCUT2D eigenvalue weighted by Gasteiger charge is 2.05. The molecule has 88 valence electrons. The largest absolute Gasteiger partial charge is 0.494 e. The van der Waals surface area contributed by atoms with Gasteiger partial charge in [0.05, 0.1) is 11.6 Å². The van der Waals surface area contributed by atoms with E-state index in [1.54, 1.807) is 12.3 Å². The van der Waals surface area contributed by atoms with Crippen LogP contribution in [-0.4, -0.2) is 16.6 Å². The summed E-state index contributed by atoms with van der Waals surface area (Å²) in [6.07, 6.45) is 3.07. The molecule has 1 aromatic heterocycles. The fraction of sp³-hybridized carbons (Fsp3) is 0.167. The third kappa shape index (κ3) is 2.65. The smallest absolute Gasteiger partial charge is 0.344 e. The summed E-state index contributed by atoms with van der Waals surface area (Å²) in [6.45, 7) is 2.50. The van der Waals surface area contributed by atoms with Gasteiger partial charge in [0.1, 0.15) is 5.75 Å². The van der Waals surface area contributed by atoms with Gasteiger partial charge in [0.2, 0.25) is 0 Å². The first kappa shape index (κ1) is 11.7. The number of hydrogen-bond donors (Lipinski definition) is 1. The highest BCUT2D eigenvalue weighted by atomic mass is 35.5. The molecule has 0 radical (unpaired) electrons. The van der Waals surface area contributed by atoms with Crippen LogP contribution in [-0.2, 0) is 0 Å². The van der Waals surface area contributed by atoms with Crippen molar-refractivity contribution in [2.45, 2.75) is 6.92 Å². The number of ether oxygens (including phenoxy) is 1. The summed E-state index contributed by atoms with van der Waals surface area (Å²) in [4.78, 5) is 17.0. The number of benzene rings is 1. The third-order valence-corrected chi connectivity index (χ3v) is 2.55. The zero-order chi connectivity index (χ0) is 12.3. The lowest BCUT2D eigenvalue weighted by Crippen LogP contribution is -2.07. The second kappa shape index (κ2) is 5.01. The first-order valence-corrected chi connectivity index (χ1v) is 5.56. The number of aromatic amines is 1. The van der Waals surface area contributed by atoms with Crippen LogP contribution in [0.3, 0.4) is 0 Å². The second-order valence-electron chi connectivity index (χ2n) is 3.38. The van der Waals surface area contributed by atoms with E-state index < -0.39 is 0 Å². The lowest BCUT2D eigenvalue weighted by atomic mass is 10.1. The van der Waals surface area contributed by atoms with Crippen molar-refractivity contribution in [1.29, 1.82) is 0 Å². The number of H-pyrrole nitrogens is 1. The molecular weight excluding hydrogens is 240 g/mol. The topological polar surface area (TPSA) is 55.0 Å². The molecule has 0 saturated carbocycles. The lowest BCUT2D eigenvalue weighted by Gasteiger charge is -2.07. The minimum absolute atomic E-state index is 0.379. The highest BCUT2D eigenvalue weighted by molar-refractivity contribution is 6.33. The Morgan fingerprint density at radius 1 is 1.47 bits per heavy atom. The van der Waals surface area contributed by atoms with E-state index >= 15 is 0 Å². The Morgan fingerprint density at radius 3 is 2.88 bits per heavy atom. The molecule has 0 bridgehead atoms. The van der Waals surface area contributed by atoms with Gasteiger partial charge in [-0.15, -0.1) is 0 Å². The number of aromatic nitrogens is 2. The van der Waals surface area contributed by atoms with E-state index in [9.17, 15) is 4.79 Å². The maximum Gasteiger partial charge on any atom is 0.344 e. The Morgan fingerprint density at radius 2 is 2.29 bits per heavy atom. The summed E-state index contributed by atoms with van der Waals surface area (Å²) in [5.41, 5.74) is 1.19. The van der Waals surface area contributed by atoms with Crippen LogP contribution in [0.25, 0.3) is 11.1 Å². The SMILES string of the molecule is CCOc1ccc(-c2cnc(=O)[nH]c2)c(Cl)c1. The van der Waals surface area contributed by atoms with Gasteiger partial charge in [-0.1, -0.05) is 11.6 Å². The average Bonchev–Trinajstić information content (AvgIpc) is 2.31. The van der Waals surface area contributed by atoms with Gasteiger partial charge in [-0.25, -0.2) is 9.78 Å². The van der Waals surface area contributed by atoms with Gasteiger partial charge in [0.15, 0.2) is 0 Å². The number of hydrogen-bond acceptors (Lipinski definition) is 3. The molecular formula is C12H11ClN2O2. The molecule has 1 N–H and O–H groups in total. The molecule has 0 unspecified atom stereocenters. The average molecular weight is 251 g/mol. The molecule has 1 aromatic carbocycles. The minimum Gasteiger partial charge on any atom is -0.494 e. The Kier molecular flexibility index (Phi) is 3.44. The van der Waals surface area contributed by atoms with Crippen LogP contribution in [0.2, 0.25) is 5.02 Å². The Hall–Kier alpha value is -1.81. The van der Waals surface area contributed by atoms with Crippen LogP contribution in [0.1, 0.15) is 6.92 Å². The Balaban J connectivity index is 2.39. The third-order valence-electron chi connectivity index (χ3n) is 2.23. The fourth-order valence-electron chi connectivity index (χ4n) is 1.48. The molecule has 0 fully saturated rings. The number of nitrogens with one attached hydrogen (secondary N) is 1. The summed E-state index contributed by atoms with van der Waals surface area (Å²) < 4.78 is 5.34. The Bertz CT molecular complexity index is 560. The predicted molar refractivity (Wildman–Crippen MR) is 66.5 cm³/mol. The van der Waals surface area contributed by atoms with E-state index in [1.165, 1.54) is 6.20 Å². The molecule has 0 aliphatic carbocycles. The van der Waals surface area contributed by atoms with Gasteiger partial charge in [-0.3, -0.25) is 0 Å². The summed E-state index contributed by atoms with van der Waals surface area (Å²) in [5.74, 6) is 0.721. The predicted octanol–water partition coefficient (Wildman–Crippen LogP) is 2.49. The number of rotatable bonds is 3. The second-order valence-corrected chi connectivity index (χ2v) is 3.79. The van der Waals surface area contributed by atoms with E-state index in [0.717, 1.165) is 16.9 Å². The van der Waals surface area contributed by atoms with E-state index in [0.29, 0.717) is 11.6 Å². The zero-order valence-electron chi connectivity index (χ0n) is 9.24. The molecule has 2 aromatic rings. The summed E-state index contributed by atoms with van der Waals surface area (Å²) in [6, 6.07) is 5.41. The van der Waals surface area contributed by atoms with Gasteiger partial charge in [-0.05, 0) is 25.1 Å². The van der Waals surface area contributed by atoms with Crippen molar-refractivity contribution < 1.29 is 4.74 Å². The molecule has 0 aliphatic rings. The molecule has 0 saturated heterocycles. The fourth-order valence-corrected chi connectivity index (χ4v) is 1.76. The van der Waals surface area contributed by atoms with Crippen molar-refractivity contribution in [2.24, 2.45) is 0 Å². The van der Waals surface area contributed by atoms with Crippen molar-refractivity contribution in [3.8, 4) is 16.9 Å². The Labute approximate surface area is 103 Å². The molecule has 0 atom stereocenters. The normalized spacial score (nSPS) is 10.2. The molecule has 0 spiro atoms. The summed E-state index contributed by atoms with van der Waals surface area (Å²) in [5, 5.41) is 0.560. The van der Waals surface area contributed by atoms with Crippen molar-refractivity contribution in [3.63, 3.8) is 0 Å². The van der Waals surface area contributed by atoms with Crippen LogP contribution < -0.4 is 10.4 Å². The number of nitrogens with zero attached hydrogens (tertiary/aromatic N) is 1. The molecule has 2 rings (SSSR count). The van der Waals surface area contributed by atoms with Crippen molar-refractivity contribution in [1.82, 2.24) is 9.97 Å². The summed E-state index contributed by atoms with van der Waals surface area (Å²) in [7, 11) is 0. The standard InChI is InChI=1S/C12H11ClN2O2/c1-2-17-9-3-4-10(11(13)5-9)8-6-14-12(16)15-7-8/h3-7H,2H2,1H3,(H,14,15,16). The molecule has 5 heteroatoms. The zero-order valence-corrected chi connectivity index (χ0v) is 9.99. The molecule has 4 nitrogen and oxygen atoms in total. The van der Waals surface area contributed by atoms with E-state index in [1.807, 2.05) is 19.1 Å². The van der Waals surface area contributed by atoms with E-state index in [2.05, 4.69) is 9.97 Å². The van der Waals surface area contributed by atoms with Crippen molar-refractivity contribution in [3.05, 3.63) is 46.1 Å². The maximum absolute atomic E-state index is 10.9. The first-order valence-electron chi connectivity index (χ1n) is 5.18. The lowest BCUT2D eigenvalue weighted by molar-refractivity contribution is 0.340. The highest BCUT2D eigenvalue weighted by Crippen LogP contribution is 2.30. The van der Waals surface area contributed by atoms with Gasteiger partial charge in [-0.2, -0.15) is 0 Å². The minimum atomic E-state index is -0.379. The van der Waals surface area contributed by atoms with Crippen molar-refractivity contribution >= 4 is 11.6 Å². The summed E-state index contributed by atoms with van der Waals surface area (Å²) >= 11 is 6.14. The molecule has 17 heavy (non-hydrogen) atoms. The van der Waals surface area contributed by atoms with Crippen LogP contribution >= 0.6 is 11.6 Å². The maximum atomic E-state index is 10.9. The van der Waals surface area contributed by atoms with Crippen LogP contribution in [0, 0.1) is 0 Å². The van der Waals surface area contributed by atoms with Crippen LogP contribution in [0.5, 0.6) is 5.75 Å². The van der Waals surface area contributed by atoms with Gasteiger partial charge < -0.3 is 9.72 Å². The molecule has 0 amide bonds. The van der Waals surface area contributed by atoms with Gasteiger partial charge in [0.25, 0.3) is 0 Å².